The van der Waals surface area contributed by atoms with Crippen molar-refractivity contribution in [1.82, 2.24) is 5.32 Å². The summed E-state index contributed by atoms with van der Waals surface area (Å²) in [7, 11) is 1.28. The molecule has 20 heavy (non-hydrogen) atoms. The third kappa shape index (κ3) is 2.92. The number of fused-ring (bicyclic) bond motifs is 1. The highest BCUT2D eigenvalue weighted by Gasteiger charge is 2.22. The number of carbonyl (C=O) groups excluding carboxylic acids is 2. The molecule has 0 saturated carbocycles. The number of anilines is 1. The zero-order chi connectivity index (χ0) is 14.5. The van der Waals surface area contributed by atoms with Crippen LogP contribution in [0.1, 0.15) is 10.4 Å². The number of methoxy groups -OCH3 is 1. The van der Waals surface area contributed by atoms with Gasteiger partial charge in [-0.15, -0.1) is 0 Å². The van der Waals surface area contributed by atoms with Crippen molar-refractivity contribution in [1.29, 1.82) is 5.26 Å². The molecule has 102 valence electrons. The molecule has 7 heteroatoms. The summed E-state index contributed by atoms with van der Waals surface area (Å²) in [5.74, 6) is -0.445. The molecular weight excluding hydrogens is 278 g/mol. The minimum atomic E-state index is -0.439. The Morgan fingerprint density at radius 3 is 2.85 bits per heavy atom. The first-order valence-electron chi connectivity index (χ1n) is 5.67. The van der Waals surface area contributed by atoms with E-state index < -0.39 is 5.97 Å². The van der Waals surface area contributed by atoms with Crippen molar-refractivity contribution in [2.45, 2.75) is 0 Å². The summed E-state index contributed by atoms with van der Waals surface area (Å²) < 4.78 is 4.51. The van der Waals surface area contributed by atoms with Gasteiger partial charge in [0.2, 0.25) is 0 Å². The van der Waals surface area contributed by atoms with Crippen LogP contribution in [0.25, 0.3) is 0 Å². The Kier molecular flexibility index (Phi) is 4.27. The quantitative estimate of drug-likeness (QED) is 0.646. The molecule has 0 fully saturated rings. The Hall–Kier alpha value is -2.46. The van der Waals surface area contributed by atoms with Gasteiger partial charge in [0.25, 0.3) is 5.91 Å². The summed E-state index contributed by atoms with van der Waals surface area (Å²) >= 11 is 1.00. The Labute approximate surface area is 119 Å². The predicted octanol–water partition coefficient (Wildman–Crippen LogP) is 1.44. The van der Waals surface area contributed by atoms with E-state index >= 15 is 0 Å². The van der Waals surface area contributed by atoms with E-state index in [9.17, 15) is 9.59 Å². The van der Waals surface area contributed by atoms with Gasteiger partial charge in [0.05, 0.1) is 24.1 Å². The molecule has 0 radical (unpaired) electrons. The highest BCUT2D eigenvalue weighted by molar-refractivity contribution is 8.04. The fourth-order valence-corrected chi connectivity index (χ4v) is 2.29. The molecule has 6 nitrogen and oxygen atoms in total. The maximum atomic E-state index is 11.9. The van der Waals surface area contributed by atoms with Gasteiger partial charge in [0.15, 0.2) is 0 Å². The van der Waals surface area contributed by atoms with E-state index in [0.29, 0.717) is 11.3 Å². The summed E-state index contributed by atoms with van der Waals surface area (Å²) in [4.78, 5) is 23.2. The number of ether oxygens (including phenoxy) is 1. The highest BCUT2D eigenvalue weighted by Crippen LogP contribution is 2.25. The Morgan fingerprint density at radius 2 is 2.15 bits per heavy atom. The number of rotatable bonds is 3. The van der Waals surface area contributed by atoms with Crippen molar-refractivity contribution < 1.29 is 14.3 Å². The number of hydrogen-bond acceptors (Lipinski definition) is 6. The fourth-order valence-electron chi connectivity index (χ4n) is 1.60. The van der Waals surface area contributed by atoms with Gasteiger partial charge >= 0.3 is 5.97 Å². The topological polar surface area (TPSA) is 91.2 Å². The molecule has 1 aliphatic rings. The molecule has 0 aromatic heterocycles. The van der Waals surface area contributed by atoms with E-state index in [-0.39, 0.29) is 22.4 Å². The lowest BCUT2D eigenvalue weighted by Gasteiger charge is -2.21. The van der Waals surface area contributed by atoms with Crippen LogP contribution in [0.2, 0.25) is 0 Å². The number of allylic oxidation sites excluding steroid dienone is 1. The second-order valence-electron chi connectivity index (χ2n) is 3.81. The predicted molar refractivity (Wildman–Crippen MR) is 74.6 cm³/mol. The van der Waals surface area contributed by atoms with Crippen LogP contribution in [-0.4, -0.2) is 24.7 Å². The third-order valence-corrected chi connectivity index (χ3v) is 3.52. The zero-order valence-electron chi connectivity index (χ0n) is 10.6. The minimum Gasteiger partial charge on any atom is -0.468 e. The molecule has 0 bridgehead atoms. The van der Waals surface area contributed by atoms with Gasteiger partial charge in [0, 0.05) is 0 Å². The normalized spacial score (nSPS) is 15.3. The molecule has 2 rings (SSSR count). The SMILES string of the molecule is COC(=O)CS/C(C#N)=C1/NC(=O)c2ccccc2N1. The van der Waals surface area contributed by atoms with Crippen molar-refractivity contribution in [3.63, 3.8) is 0 Å². The van der Waals surface area contributed by atoms with Gasteiger partial charge in [-0.1, -0.05) is 23.9 Å². The largest absolute Gasteiger partial charge is 0.468 e. The summed E-state index contributed by atoms with van der Waals surface area (Å²) in [6, 6.07) is 8.93. The maximum absolute atomic E-state index is 11.9. The molecule has 1 heterocycles. The average Bonchev–Trinajstić information content (AvgIpc) is 2.47. The summed E-state index contributed by atoms with van der Waals surface area (Å²) in [6.07, 6.45) is 0. The van der Waals surface area contributed by atoms with Crippen LogP contribution in [0.5, 0.6) is 0 Å². The first-order valence-corrected chi connectivity index (χ1v) is 6.65. The smallest absolute Gasteiger partial charge is 0.316 e. The van der Waals surface area contributed by atoms with Crippen LogP contribution in [-0.2, 0) is 9.53 Å². The standard InChI is InChI=1S/C13H11N3O3S/c1-19-11(17)7-20-10(6-14)12-15-9-5-3-2-4-8(9)13(18)16-12/h2-5,15H,7H2,1H3,(H,16,18)/b12-10+. The second kappa shape index (κ2) is 6.12. The van der Waals surface area contributed by atoms with Gasteiger partial charge in [-0.3, -0.25) is 9.59 Å². The third-order valence-electron chi connectivity index (χ3n) is 2.56. The highest BCUT2D eigenvalue weighted by atomic mass is 32.2. The average molecular weight is 289 g/mol. The number of amides is 1. The van der Waals surface area contributed by atoms with E-state index in [0.717, 1.165) is 11.8 Å². The number of benzene rings is 1. The Bertz CT molecular complexity index is 634. The van der Waals surface area contributed by atoms with Gasteiger partial charge < -0.3 is 15.4 Å². The number of nitrogens with one attached hydrogen (secondary N) is 2. The van der Waals surface area contributed by atoms with E-state index in [1.165, 1.54) is 7.11 Å². The zero-order valence-corrected chi connectivity index (χ0v) is 11.4. The monoisotopic (exact) mass is 289 g/mol. The fraction of sp³-hybridized carbons (Fsp3) is 0.154. The summed E-state index contributed by atoms with van der Waals surface area (Å²) in [5.41, 5.74) is 1.13. The molecule has 1 aromatic carbocycles. The number of para-hydroxylation sites is 1. The van der Waals surface area contributed by atoms with Crippen LogP contribution in [0.4, 0.5) is 5.69 Å². The van der Waals surface area contributed by atoms with Crippen molar-refractivity contribution in [2.75, 3.05) is 18.2 Å². The number of thioether (sulfide) groups is 1. The molecule has 1 aliphatic heterocycles. The molecule has 0 saturated heterocycles. The van der Waals surface area contributed by atoms with Gasteiger partial charge in [-0.2, -0.15) is 5.26 Å². The van der Waals surface area contributed by atoms with E-state index in [1.807, 2.05) is 6.07 Å². The number of esters is 1. The number of hydrogen-bond donors (Lipinski definition) is 2. The van der Waals surface area contributed by atoms with Crippen LogP contribution >= 0.6 is 11.8 Å². The van der Waals surface area contributed by atoms with Crippen LogP contribution in [0.3, 0.4) is 0 Å². The van der Waals surface area contributed by atoms with E-state index in [2.05, 4.69) is 15.4 Å². The van der Waals surface area contributed by atoms with Crippen molar-refractivity contribution in [2.24, 2.45) is 0 Å². The number of carbonyl (C=O) groups is 2. The Morgan fingerprint density at radius 1 is 1.40 bits per heavy atom. The summed E-state index contributed by atoms with van der Waals surface area (Å²) in [6.45, 7) is 0. The van der Waals surface area contributed by atoms with Crippen LogP contribution < -0.4 is 10.6 Å². The molecule has 1 amide bonds. The van der Waals surface area contributed by atoms with Crippen LogP contribution in [0.15, 0.2) is 35.0 Å². The second-order valence-corrected chi connectivity index (χ2v) is 4.79. The van der Waals surface area contributed by atoms with Gasteiger partial charge in [-0.05, 0) is 12.1 Å². The lowest BCUT2D eigenvalue weighted by Crippen LogP contribution is -2.33. The number of nitrogens with zero attached hydrogens (tertiary/aromatic N) is 1. The number of nitriles is 1. The van der Waals surface area contributed by atoms with Crippen LogP contribution in [0, 0.1) is 11.3 Å². The molecule has 0 unspecified atom stereocenters. The van der Waals surface area contributed by atoms with Crippen molar-refractivity contribution >= 4 is 29.3 Å². The molecule has 0 spiro atoms. The lowest BCUT2D eigenvalue weighted by atomic mass is 10.1. The van der Waals surface area contributed by atoms with Gasteiger partial charge in [-0.25, -0.2) is 0 Å². The molecular formula is C13H11N3O3S. The van der Waals surface area contributed by atoms with Crippen molar-refractivity contribution in [3.8, 4) is 6.07 Å². The molecule has 0 aliphatic carbocycles. The summed E-state index contributed by atoms with van der Waals surface area (Å²) in [5, 5.41) is 14.7. The first-order chi connectivity index (χ1) is 9.65. The first kappa shape index (κ1) is 14.0. The Balaban J connectivity index is 2.24. The lowest BCUT2D eigenvalue weighted by molar-refractivity contribution is -0.137. The van der Waals surface area contributed by atoms with Gasteiger partial charge in [0.1, 0.15) is 16.8 Å². The van der Waals surface area contributed by atoms with E-state index in [1.54, 1.807) is 24.3 Å². The molecule has 2 N–H and O–H groups in total. The molecule has 1 aromatic rings. The van der Waals surface area contributed by atoms with Crippen molar-refractivity contribution in [3.05, 3.63) is 40.6 Å². The minimum absolute atomic E-state index is 0.00207. The van der Waals surface area contributed by atoms with E-state index in [4.69, 9.17) is 5.26 Å². The maximum Gasteiger partial charge on any atom is 0.316 e. The molecule has 0 atom stereocenters.